The third-order valence-corrected chi connectivity index (χ3v) is 3.73. The Morgan fingerprint density at radius 1 is 1.21 bits per heavy atom. The van der Waals surface area contributed by atoms with E-state index in [-0.39, 0.29) is 17.4 Å². The van der Waals surface area contributed by atoms with Crippen molar-refractivity contribution < 1.29 is 18.0 Å². The molecule has 1 aromatic rings. The molecule has 3 N–H and O–H groups in total. The minimum Gasteiger partial charge on any atom is -0.491 e. The highest BCUT2D eigenvalue weighted by Crippen LogP contribution is 2.15. The van der Waals surface area contributed by atoms with Gasteiger partial charge in [0.15, 0.2) is 0 Å². The standard InChI is InChI=1S/C12H20N2O4S/c1-10(2)9-14-19(15,16)12-5-3-11(4-6-12)17-7-8-18-13/h3-6,10,14H,7-9,13H2,1-2H3. The van der Waals surface area contributed by atoms with Crippen molar-refractivity contribution in [2.24, 2.45) is 11.8 Å². The Bertz CT molecular complexity index is 471. The maximum absolute atomic E-state index is 11.9. The van der Waals surface area contributed by atoms with E-state index in [1.807, 2.05) is 13.8 Å². The van der Waals surface area contributed by atoms with Crippen LogP contribution in [-0.4, -0.2) is 28.2 Å². The number of ether oxygens (including phenoxy) is 1. The van der Waals surface area contributed by atoms with Gasteiger partial charge in [0.05, 0.1) is 4.90 Å². The van der Waals surface area contributed by atoms with Crippen molar-refractivity contribution in [3.05, 3.63) is 24.3 Å². The maximum atomic E-state index is 11.9. The molecule has 7 heteroatoms. The van der Waals surface area contributed by atoms with Gasteiger partial charge in [-0.05, 0) is 30.2 Å². The summed E-state index contributed by atoms with van der Waals surface area (Å²) in [6.45, 7) is 4.89. The van der Waals surface area contributed by atoms with Gasteiger partial charge in [0.1, 0.15) is 19.0 Å². The van der Waals surface area contributed by atoms with E-state index in [1.165, 1.54) is 12.1 Å². The first-order valence-corrected chi connectivity index (χ1v) is 7.48. The van der Waals surface area contributed by atoms with Crippen LogP contribution in [0.1, 0.15) is 13.8 Å². The fourth-order valence-electron chi connectivity index (χ4n) is 1.28. The van der Waals surface area contributed by atoms with Gasteiger partial charge in [-0.1, -0.05) is 13.8 Å². The van der Waals surface area contributed by atoms with E-state index in [0.29, 0.717) is 18.9 Å². The normalized spacial score (nSPS) is 11.8. The van der Waals surface area contributed by atoms with E-state index in [0.717, 1.165) is 0 Å². The zero-order chi connectivity index (χ0) is 14.3. The molecule has 0 spiro atoms. The molecule has 0 bridgehead atoms. The molecule has 0 aliphatic carbocycles. The first-order chi connectivity index (χ1) is 8.95. The van der Waals surface area contributed by atoms with Crippen LogP contribution in [0.25, 0.3) is 0 Å². The van der Waals surface area contributed by atoms with Gasteiger partial charge in [0.25, 0.3) is 0 Å². The zero-order valence-electron chi connectivity index (χ0n) is 11.1. The van der Waals surface area contributed by atoms with Crippen LogP contribution < -0.4 is 15.4 Å². The minimum atomic E-state index is -3.45. The largest absolute Gasteiger partial charge is 0.491 e. The molecule has 19 heavy (non-hydrogen) atoms. The first kappa shape index (κ1) is 15.9. The third-order valence-electron chi connectivity index (χ3n) is 2.29. The van der Waals surface area contributed by atoms with Crippen molar-refractivity contribution in [1.29, 1.82) is 0 Å². The summed E-state index contributed by atoms with van der Waals surface area (Å²) < 4.78 is 31.7. The molecule has 0 aliphatic rings. The third kappa shape index (κ3) is 5.56. The van der Waals surface area contributed by atoms with Crippen molar-refractivity contribution in [2.75, 3.05) is 19.8 Å². The van der Waals surface area contributed by atoms with E-state index in [9.17, 15) is 8.42 Å². The van der Waals surface area contributed by atoms with Crippen LogP contribution in [-0.2, 0) is 14.9 Å². The number of sulfonamides is 1. The van der Waals surface area contributed by atoms with Gasteiger partial charge in [-0.3, -0.25) is 0 Å². The average molecular weight is 288 g/mol. The number of hydrogen-bond acceptors (Lipinski definition) is 5. The summed E-state index contributed by atoms with van der Waals surface area (Å²) in [5.41, 5.74) is 0. The number of hydrogen-bond donors (Lipinski definition) is 2. The predicted molar refractivity (Wildman–Crippen MR) is 72.1 cm³/mol. The number of nitrogens with one attached hydrogen (secondary N) is 1. The van der Waals surface area contributed by atoms with Gasteiger partial charge in [-0.2, -0.15) is 0 Å². The molecule has 1 aromatic carbocycles. The lowest BCUT2D eigenvalue weighted by Gasteiger charge is -2.10. The summed E-state index contributed by atoms with van der Waals surface area (Å²) in [6, 6.07) is 6.20. The van der Waals surface area contributed by atoms with Crippen molar-refractivity contribution in [2.45, 2.75) is 18.7 Å². The summed E-state index contributed by atoms with van der Waals surface area (Å²) >= 11 is 0. The Morgan fingerprint density at radius 2 is 1.84 bits per heavy atom. The molecule has 0 atom stereocenters. The van der Waals surface area contributed by atoms with Gasteiger partial charge >= 0.3 is 0 Å². The molecule has 0 amide bonds. The predicted octanol–water partition coefficient (Wildman–Crippen LogP) is 0.890. The SMILES string of the molecule is CC(C)CNS(=O)(=O)c1ccc(OCCON)cc1. The minimum absolute atomic E-state index is 0.218. The van der Waals surface area contributed by atoms with Gasteiger partial charge in [-0.25, -0.2) is 19.0 Å². The molecule has 0 saturated heterocycles. The monoisotopic (exact) mass is 288 g/mol. The van der Waals surface area contributed by atoms with Crippen molar-refractivity contribution in [3.63, 3.8) is 0 Å². The number of rotatable bonds is 8. The Hall–Kier alpha value is -1.15. The molecule has 0 heterocycles. The van der Waals surface area contributed by atoms with Crippen LogP contribution in [0.2, 0.25) is 0 Å². The molecular formula is C12H20N2O4S. The topological polar surface area (TPSA) is 90.7 Å². The van der Waals surface area contributed by atoms with Crippen molar-refractivity contribution in [1.82, 2.24) is 4.72 Å². The Labute approximate surface area is 113 Å². The van der Waals surface area contributed by atoms with Crippen LogP contribution in [0.4, 0.5) is 0 Å². The van der Waals surface area contributed by atoms with Crippen molar-refractivity contribution in [3.8, 4) is 5.75 Å². The molecule has 1 rings (SSSR count). The molecule has 108 valence electrons. The molecule has 0 fully saturated rings. The lowest BCUT2D eigenvalue weighted by Crippen LogP contribution is -2.27. The Balaban J connectivity index is 2.64. The quantitative estimate of drug-likeness (QED) is 0.547. The highest BCUT2D eigenvalue weighted by molar-refractivity contribution is 7.89. The van der Waals surface area contributed by atoms with E-state index in [1.54, 1.807) is 12.1 Å². The second kappa shape index (κ2) is 7.44. The number of benzene rings is 1. The molecule has 0 aromatic heterocycles. The summed E-state index contributed by atoms with van der Waals surface area (Å²) in [7, 11) is -3.45. The lowest BCUT2D eigenvalue weighted by atomic mass is 10.2. The van der Waals surface area contributed by atoms with Crippen LogP contribution in [0.5, 0.6) is 5.75 Å². The van der Waals surface area contributed by atoms with Gasteiger partial charge in [0.2, 0.25) is 10.0 Å². The highest BCUT2D eigenvalue weighted by atomic mass is 32.2. The van der Waals surface area contributed by atoms with Crippen molar-refractivity contribution >= 4 is 10.0 Å². The van der Waals surface area contributed by atoms with E-state index in [4.69, 9.17) is 10.6 Å². The van der Waals surface area contributed by atoms with Crippen LogP contribution >= 0.6 is 0 Å². The van der Waals surface area contributed by atoms with E-state index < -0.39 is 10.0 Å². The van der Waals surface area contributed by atoms with Gasteiger partial charge in [0, 0.05) is 6.54 Å². The molecule has 0 aliphatic heterocycles. The van der Waals surface area contributed by atoms with Crippen LogP contribution in [0.3, 0.4) is 0 Å². The fraction of sp³-hybridized carbons (Fsp3) is 0.500. The summed E-state index contributed by atoms with van der Waals surface area (Å²) in [5.74, 6) is 5.69. The molecule has 0 radical (unpaired) electrons. The fourth-order valence-corrected chi connectivity index (χ4v) is 2.50. The summed E-state index contributed by atoms with van der Waals surface area (Å²) in [5, 5.41) is 0. The van der Waals surface area contributed by atoms with E-state index >= 15 is 0 Å². The number of nitrogens with two attached hydrogens (primary N) is 1. The smallest absolute Gasteiger partial charge is 0.240 e. The molecule has 6 nitrogen and oxygen atoms in total. The zero-order valence-corrected chi connectivity index (χ0v) is 11.9. The molecular weight excluding hydrogens is 268 g/mol. The Morgan fingerprint density at radius 3 is 2.37 bits per heavy atom. The van der Waals surface area contributed by atoms with Crippen LogP contribution in [0.15, 0.2) is 29.2 Å². The summed E-state index contributed by atoms with van der Waals surface area (Å²) in [6.07, 6.45) is 0. The average Bonchev–Trinajstić information content (AvgIpc) is 2.37. The van der Waals surface area contributed by atoms with Gasteiger partial charge < -0.3 is 9.57 Å². The Kier molecular flexibility index (Phi) is 6.23. The first-order valence-electron chi connectivity index (χ1n) is 6.00. The van der Waals surface area contributed by atoms with E-state index in [2.05, 4.69) is 9.56 Å². The lowest BCUT2D eigenvalue weighted by molar-refractivity contribution is 0.102. The second-order valence-corrected chi connectivity index (χ2v) is 6.20. The molecule has 0 saturated carbocycles. The highest BCUT2D eigenvalue weighted by Gasteiger charge is 2.13. The molecule has 0 unspecified atom stereocenters. The summed E-state index contributed by atoms with van der Waals surface area (Å²) in [4.78, 5) is 4.58. The van der Waals surface area contributed by atoms with Crippen LogP contribution in [0, 0.1) is 5.92 Å². The van der Waals surface area contributed by atoms with Gasteiger partial charge in [-0.15, -0.1) is 0 Å². The second-order valence-electron chi connectivity index (χ2n) is 4.44. The maximum Gasteiger partial charge on any atom is 0.240 e.